The maximum atomic E-state index is 11.6. The fraction of sp³-hybridized carbons (Fsp3) is 0.462. The maximum Gasteiger partial charge on any atom is 0.325 e. The highest BCUT2D eigenvalue weighted by Gasteiger charge is 2.18. The van der Waals surface area contributed by atoms with E-state index in [-0.39, 0.29) is 17.9 Å². The van der Waals surface area contributed by atoms with Crippen molar-refractivity contribution in [3.63, 3.8) is 0 Å². The van der Waals surface area contributed by atoms with Gasteiger partial charge in [0.2, 0.25) is 0 Å². The number of nitrogens with zero attached hydrogens (tertiary/aromatic N) is 1. The normalized spacial score (nSPS) is 10.8. The summed E-state index contributed by atoms with van der Waals surface area (Å²) in [6.07, 6.45) is 0. The molecule has 0 aliphatic carbocycles. The van der Waals surface area contributed by atoms with Crippen molar-refractivity contribution in [1.82, 2.24) is 0 Å². The van der Waals surface area contributed by atoms with Crippen LogP contribution < -0.4 is 10.1 Å². The van der Waals surface area contributed by atoms with Crippen molar-refractivity contribution in [2.75, 3.05) is 19.0 Å². The third kappa shape index (κ3) is 4.75. The molecule has 7 heteroatoms. The summed E-state index contributed by atoms with van der Waals surface area (Å²) in [4.78, 5) is 22.0. The average molecular weight is 282 g/mol. The second-order valence-electron chi connectivity index (χ2n) is 5.08. The fourth-order valence-corrected chi connectivity index (χ4v) is 1.49. The Balaban J connectivity index is 2.80. The molecule has 0 unspecified atom stereocenters. The smallest absolute Gasteiger partial charge is 0.325 e. The first kappa shape index (κ1) is 15.7. The van der Waals surface area contributed by atoms with E-state index >= 15 is 0 Å². The van der Waals surface area contributed by atoms with Crippen LogP contribution in [0, 0.1) is 10.1 Å². The molecule has 0 saturated heterocycles. The zero-order valence-corrected chi connectivity index (χ0v) is 11.9. The second kappa shape index (κ2) is 6.23. The van der Waals surface area contributed by atoms with E-state index in [2.05, 4.69) is 5.32 Å². The van der Waals surface area contributed by atoms with Crippen LogP contribution in [0.4, 0.5) is 11.4 Å². The third-order valence-corrected chi connectivity index (χ3v) is 2.24. The molecule has 0 saturated carbocycles. The number of nitro groups is 1. The minimum atomic E-state index is -0.598. The number of hydrogen-bond donors (Lipinski definition) is 1. The number of esters is 1. The average Bonchev–Trinajstić information content (AvgIpc) is 2.33. The Hall–Kier alpha value is -2.31. The van der Waals surface area contributed by atoms with Crippen molar-refractivity contribution in [3.8, 4) is 5.75 Å². The number of carbonyl (C=O) groups excluding carboxylic acids is 1. The lowest BCUT2D eigenvalue weighted by molar-refractivity contribution is -0.384. The molecule has 1 N–H and O–H groups in total. The summed E-state index contributed by atoms with van der Waals surface area (Å²) in [5, 5.41) is 13.6. The van der Waals surface area contributed by atoms with Gasteiger partial charge in [-0.2, -0.15) is 0 Å². The number of methoxy groups -OCH3 is 1. The van der Waals surface area contributed by atoms with Gasteiger partial charge in [-0.3, -0.25) is 14.9 Å². The summed E-state index contributed by atoms with van der Waals surface area (Å²) >= 11 is 0. The molecule has 110 valence electrons. The summed E-state index contributed by atoms with van der Waals surface area (Å²) in [6.45, 7) is 5.09. The van der Waals surface area contributed by atoms with Crippen LogP contribution in [0.25, 0.3) is 0 Å². The molecule has 20 heavy (non-hydrogen) atoms. The molecular formula is C13H18N2O5. The van der Waals surface area contributed by atoms with E-state index in [0.717, 1.165) is 0 Å². The van der Waals surface area contributed by atoms with E-state index in [1.54, 1.807) is 20.8 Å². The number of benzene rings is 1. The number of carbonyl (C=O) groups is 1. The van der Waals surface area contributed by atoms with E-state index in [1.807, 2.05) is 0 Å². The summed E-state index contributed by atoms with van der Waals surface area (Å²) in [5.74, 6) is -0.0306. The van der Waals surface area contributed by atoms with Gasteiger partial charge in [0, 0.05) is 12.1 Å². The van der Waals surface area contributed by atoms with Gasteiger partial charge in [-0.1, -0.05) is 0 Å². The Bertz CT molecular complexity index is 508. The summed E-state index contributed by atoms with van der Waals surface area (Å²) in [5.41, 5.74) is -0.520. The van der Waals surface area contributed by atoms with Gasteiger partial charge in [0.15, 0.2) is 0 Å². The van der Waals surface area contributed by atoms with Crippen LogP contribution in [-0.2, 0) is 9.53 Å². The molecule has 0 bridgehead atoms. The summed E-state index contributed by atoms with van der Waals surface area (Å²) < 4.78 is 10.1. The Morgan fingerprint density at radius 2 is 2.05 bits per heavy atom. The number of ether oxygens (including phenoxy) is 2. The number of nitrogens with one attached hydrogen (secondary N) is 1. The van der Waals surface area contributed by atoms with Crippen LogP contribution in [0.15, 0.2) is 18.2 Å². The van der Waals surface area contributed by atoms with E-state index in [4.69, 9.17) is 9.47 Å². The van der Waals surface area contributed by atoms with Gasteiger partial charge in [0.25, 0.3) is 5.69 Å². The van der Waals surface area contributed by atoms with Gasteiger partial charge < -0.3 is 14.8 Å². The molecule has 0 radical (unpaired) electrons. The van der Waals surface area contributed by atoms with Gasteiger partial charge in [-0.25, -0.2) is 0 Å². The van der Waals surface area contributed by atoms with E-state index < -0.39 is 16.5 Å². The Morgan fingerprint density at radius 3 is 2.55 bits per heavy atom. The molecule has 1 rings (SSSR count). The topological polar surface area (TPSA) is 90.7 Å². The fourth-order valence-electron chi connectivity index (χ4n) is 1.49. The van der Waals surface area contributed by atoms with E-state index in [0.29, 0.717) is 5.75 Å². The first-order chi connectivity index (χ1) is 9.23. The van der Waals surface area contributed by atoms with Crippen LogP contribution in [0.5, 0.6) is 5.75 Å². The first-order valence-electron chi connectivity index (χ1n) is 6.01. The minimum Gasteiger partial charge on any atom is -0.497 e. The lowest BCUT2D eigenvalue weighted by atomic mass is 10.2. The molecule has 1 aromatic carbocycles. The van der Waals surface area contributed by atoms with Crippen molar-refractivity contribution in [2.24, 2.45) is 0 Å². The standard InChI is InChI=1S/C13H18N2O5/c1-13(2,3)20-12(16)8-14-10-7-9(19-4)5-6-11(10)15(17)18/h5-7,14H,8H2,1-4H3. The molecule has 0 aliphatic heterocycles. The van der Waals surface area contributed by atoms with Gasteiger partial charge in [-0.05, 0) is 26.8 Å². The molecule has 0 spiro atoms. The SMILES string of the molecule is COc1ccc([N+](=O)[O-])c(NCC(=O)OC(C)(C)C)c1. The largest absolute Gasteiger partial charge is 0.497 e. The molecule has 1 aromatic rings. The highest BCUT2D eigenvalue weighted by Crippen LogP contribution is 2.28. The quantitative estimate of drug-likeness (QED) is 0.506. The van der Waals surface area contributed by atoms with Crippen molar-refractivity contribution >= 4 is 17.3 Å². The molecular weight excluding hydrogens is 264 g/mol. The van der Waals surface area contributed by atoms with Crippen molar-refractivity contribution in [1.29, 1.82) is 0 Å². The molecule has 7 nitrogen and oxygen atoms in total. The number of hydrogen-bond acceptors (Lipinski definition) is 6. The Morgan fingerprint density at radius 1 is 1.40 bits per heavy atom. The molecule has 0 atom stereocenters. The second-order valence-corrected chi connectivity index (χ2v) is 5.08. The van der Waals surface area contributed by atoms with Crippen LogP contribution >= 0.6 is 0 Å². The van der Waals surface area contributed by atoms with Crippen molar-refractivity contribution in [3.05, 3.63) is 28.3 Å². The third-order valence-electron chi connectivity index (χ3n) is 2.24. The maximum absolute atomic E-state index is 11.6. The highest BCUT2D eigenvalue weighted by molar-refractivity contribution is 5.77. The monoisotopic (exact) mass is 282 g/mol. The lowest BCUT2D eigenvalue weighted by Crippen LogP contribution is -2.28. The Kier molecular flexibility index (Phi) is 4.90. The van der Waals surface area contributed by atoms with Gasteiger partial charge in [0.1, 0.15) is 23.6 Å². The van der Waals surface area contributed by atoms with E-state index in [9.17, 15) is 14.9 Å². The molecule has 0 fully saturated rings. The first-order valence-corrected chi connectivity index (χ1v) is 6.01. The lowest BCUT2D eigenvalue weighted by Gasteiger charge is -2.19. The van der Waals surface area contributed by atoms with Gasteiger partial charge in [0.05, 0.1) is 12.0 Å². The van der Waals surface area contributed by atoms with Crippen LogP contribution in [0.1, 0.15) is 20.8 Å². The minimum absolute atomic E-state index is 0.130. The van der Waals surface area contributed by atoms with Gasteiger partial charge >= 0.3 is 5.97 Å². The number of anilines is 1. The predicted molar refractivity (Wildman–Crippen MR) is 74.0 cm³/mol. The summed E-state index contributed by atoms with van der Waals surface area (Å²) in [6, 6.07) is 4.26. The van der Waals surface area contributed by atoms with Crippen molar-refractivity contribution < 1.29 is 19.2 Å². The van der Waals surface area contributed by atoms with E-state index in [1.165, 1.54) is 25.3 Å². The van der Waals surface area contributed by atoms with Crippen molar-refractivity contribution in [2.45, 2.75) is 26.4 Å². The highest BCUT2D eigenvalue weighted by atomic mass is 16.6. The van der Waals surface area contributed by atoms with Crippen LogP contribution in [0.2, 0.25) is 0 Å². The summed E-state index contributed by atoms with van der Waals surface area (Å²) in [7, 11) is 1.46. The van der Waals surface area contributed by atoms with Crippen LogP contribution in [-0.4, -0.2) is 30.1 Å². The zero-order chi connectivity index (χ0) is 15.3. The molecule has 0 aliphatic rings. The molecule has 0 amide bonds. The number of nitro benzene ring substituents is 1. The zero-order valence-electron chi connectivity index (χ0n) is 11.9. The molecule has 0 heterocycles. The Labute approximate surface area is 117 Å². The van der Waals surface area contributed by atoms with Crippen LogP contribution in [0.3, 0.4) is 0 Å². The predicted octanol–water partition coefficient (Wildman–Crippen LogP) is 2.36. The molecule has 0 aromatic heterocycles. The number of rotatable bonds is 5. The van der Waals surface area contributed by atoms with Gasteiger partial charge in [-0.15, -0.1) is 0 Å².